The number of hydrogen-bond acceptors (Lipinski definition) is 10. The van der Waals surface area contributed by atoms with E-state index in [9.17, 15) is 19.6 Å². The number of thiophene rings is 1. The Balaban J connectivity index is 2.01. The Morgan fingerprint density at radius 3 is 2.48 bits per heavy atom. The standard InChI is InChI=1S/C20H21N3O7S/c1-4-29-20(26)17-13(12(8-21)18(22)31-17)10-30-16(24)9-23-19(25)11-5-6-14(27-2)15(7-11)28-3/h5-7H,4,9-10,22H2,1-3H3,(H,23,25). The lowest BCUT2D eigenvalue weighted by Gasteiger charge is -2.10. The van der Waals surface area contributed by atoms with Gasteiger partial charge in [-0.25, -0.2) is 4.79 Å². The smallest absolute Gasteiger partial charge is 0.348 e. The fourth-order valence-electron chi connectivity index (χ4n) is 2.54. The summed E-state index contributed by atoms with van der Waals surface area (Å²) < 4.78 is 20.3. The van der Waals surface area contributed by atoms with Gasteiger partial charge in [0.2, 0.25) is 0 Å². The number of nitrogens with two attached hydrogens (primary N) is 1. The van der Waals surface area contributed by atoms with Gasteiger partial charge in [0, 0.05) is 11.1 Å². The summed E-state index contributed by atoms with van der Waals surface area (Å²) in [4.78, 5) is 36.5. The molecule has 0 saturated heterocycles. The molecule has 0 unspecified atom stereocenters. The average Bonchev–Trinajstić information content (AvgIpc) is 3.10. The fraction of sp³-hybridized carbons (Fsp3) is 0.300. The molecular weight excluding hydrogens is 426 g/mol. The van der Waals surface area contributed by atoms with E-state index in [2.05, 4.69) is 5.32 Å². The van der Waals surface area contributed by atoms with Crippen LogP contribution < -0.4 is 20.5 Å². The van der Waals surface area contributed by atoms with E-state index in [1.807, 2.05) is 6.07 Å². The number of methoxy groups -OCH3 is 2. The van der Waals surface area contributed by atoms with Crippen LogP contribution in [-0.2, 0) is 20.9 Å². The number of anilines is 1. The lowest BCUT2D eigenvalue weighted by atomic mass is 10.1. The lowest BCUT2D eigenvalue weighted by Crippen LogP contribution is -2.30. The van der Waals surface area contributed by atoms with Crippen molar-refractivity contribution in [1.82, 2.24) is 5.32 Å². The predicted octanol–water partition coefficient (Wildman–Crippen LogP) is 1.87. The van der Waals surface area contributed by atoms with Crippen LogP contribution in [0.4, 0.5) is 5.00 Å². The van der Waals surface area contributed by atoms with Crippen molar-refractivity contribution in [2.45, 2.75) is 13.5 Å². The van der Waals surface area contributed by atoms with Crippen LogP contribution in [0.2, 0.25) is 0 Å². The van der Waals surface area contributed by atoms with E-state index in [4.69, 9.17) is 24.7 Å². The first kappa shape index (κ1) is 23.5. The van der Waals surface area contributed by atoms with Crippen LogP contribution in [0.25, 0.3) is 0 Å². The summed E-state index contributed by atoms with van der Waals surface area (Å²) in [7, 11) is 2.91. The minimum Gasteiger partial charge on any atom is -0.493 e. The van der Waals surface area contributed by atoms with Crippen LogP contribution in [0.3, 0.4) is 0 Å². The Hall–Kier alpha value is -3.78. The van der Waals surface area contributed by atoms with Crippen molar-refractivity contribution >= 4 is 34.2 Å². The van der Waals surface area contributed by atoms with Crippen LogP contribution in [-0.4, -0.2) is 45.2 Å². The molecule has 1 aromatic carbocycles. The number of nitrogens with one attached hydrogen (secondary N) is 1. The quantitative estimate of drug-likeness (QED) is 0.549. The molecule has 1 aromatic heterocycles. The van der Waals surface area contributed by atoms with Crippen molar-refractivity contribution in [1.29, 1.82) is 5.26 Å². The van der Waals surface area contributed by atoms with Gasteiger partial charge < -0.3 is 30.0 Å². The van der Waals surface area contributed by atoms with E-state index in [0.29, 0.717) is 11.5 Å². The molecule has 0 aliphatic heterocycles. The molecule has 0 spiro atoms. The molecule has 2 rings (SSSR count). The number of nitrogen functional groups attached to an aromatic ring is 1. The number of nitrogens with zero attached hydrogens (tertiary/aromatic N) is 1. The summed E-state index contributed by atoms with van der Waals surface area (Å²) in [6.07, 6.45) is 0. The number of rotatable bonds is 9. The van der Waals surface area contributed by atoms with E-state index >= 15 is 0 Å². The van der Waals surface area contributed by atoms with Gasteiger partial charge in [0.15, 0.2) is 11.5 Å². The van der Waals surface area contributed by atoms with Gasteiger partial charge in [-0.3, -0.25) is 9.59 Å². The number of carbonyl (C=O) groups is 3. The second-order valence-corrected chi connectivity index (χ2v) is 6.95. The first-order chi connectivity index (χ1) is 14.9. The molecule has 10 nitrogen and oxygen atoms in total. The maximum atomic E-state index is 12.3. The third-order valence-electron chi connectivity index (χ3n) is 4.02. The van der Waals surface area contributed by atoms with Gasteiger partial charge in [0.05, 0.1) is 26.4 Å². The van der Waals surface area contributed by atoms with Crippen LogP contribution >= 0.6 is 11.3 Å². The summed E-state index contributed by atoms with van der Waals surface area (Å²) in [6.45, 7) is 0.986. The monoisotopic (exact) mass is 447 g/mol. The summed E-state index contributed by atoms with van der Waals surface area (Å²) >= 11 is 0.885. The molecule has 1 amide bonds. The van der Waals surface area contributed by atoms with Gasteiger partial charge in [-0.1, -0.05) is 0 Å². The number of esters is 2. The molecule has 0 bridgehead atoms. The number of hydrogen-bond donors (Lipinski definition) is 2. The van der Waals surface area contributed by atoms with E-state index in [1.54, 1.807) is 13.0 Å². The highest BCUT2D eigenvalue weighted by Gasteiger charge is 2.24. The minimum atomic E-state index is -0.766. The number of benzene rings is 1. The van der Waals surface area contributed by atoms with Crippen LogP contribution in [0.1, 0.15) is 38.1 Å². The number of ether oxygens (including phenoxy) is 4. The van der Waals surface area contributed by atoms with Gasteiger partial charge >= 0.3 is 11.9 Å². The summed E-state index contributed by atoms with van der Waals surface area (Å²) in [6, 6.07) is 6.44. The largest absolute Gasteiger partial charge is 0.493 e. The molecule has 0 fully saturated rings. The topological polar surface area (TPSA) is 150 Å². The van der Waals surface area contributed by atoms with Crippen LogP contribution in [0, 0.1) is 11.3 Å². The highest BCUT2D eigenvalue weighted by molar-refractivity contribution is 7.18. The Bertz CT molecular complexity index is 1030. The Labute approximate surface area is 182 Å². The van der Waals surface area contributed by atoms with Gasteiger partial charge in [-0.05, 0) is 25.1 Å². The average molecular weight is 447 g/mol. The van der Waals surface area contributed by atoms with Crippen molar-refractivity contribution < 1.29 is 33.3 Å². The van der Waals surface area contributed by atoms with Crippen LogP contribution in [0.15, 0.2) is 18.2 Å². The molecule has 0 radical (unpaired) electrons. The number of amides is 1. The van der Waals surface area contributed by atoms with E-state index < -0.39 is 24.4 Å². The minimum absolute atomic E-state index is 0.0511. The molecular formula is C20H21N3O7S. The highest BCUT2D eigenvalue weighted by Crippen LogP contribution is 2.32. The van der Waals surface area contributed by atoms with Crippen molar-refractivity contribution in [2.24, 2.45) is 0 Å². The zero-order valence-electron chi connectivity index (χ0n) is 17.1. The van der Waals surface area contributed by atoms with E-state index in [-0.39, 0.29) is 39.8 Å². The molecule has 0 aliphatic carbocycles. The third-order valence-corrected chi connectivity index (χ3v) is 5.06. The summed E-state index contributed by atoms with van der Waals surface area (Å²) in [5.74, 6) is -1.13. The maximum absolute atomic E-state index is 12.3. The first-order valence-electron chi connectivity index (χ1n) is 9.00. The zero-order valence-corrected chi connectivity index (χ0v) is 18.0. The number of carbonyl (C=O) groups excluding carboxylic acids is 3. The van der Waals surface area contributed by atoms with Crippen molar-refractivity contribution in [3.8, 4) is 17.6 Å². The van der Waals surface area contributed by atoms with Crippen LogP contribution in [0.5, 0.6) is 11.5 Å². The van der Waals surface area contributed by atoms with Crippen molar-refractivity contribution in [3.63, 3.8) is 0 Å². The molecule has 3 N–H and O–H groups in total. The van der Waals surface area contributed by atoms with E-state index in [0.717, 1.165) is 11.3 Å². The Morgan fingerprint density at radius 1 is 1.16 bits per heavy atom. The molecule has 0 saturated carbocycles. The van der Waals surface area contributed by atoms with Crippen molar-refractivity contribution in [3.05, 3.63) is 39.8 Å². The van der Waals surface area contributed by atoms with E-state index in [1.165, 1.54) is 26.4 Å². The first-order valence-corrected chi connectivity index (χ1v) is 9.82. The van der Waals surface area contributed by atoms with Gasteiger partial charge in [-0.2, -0.15) is 5.26 Å². The molecule has 31 heavy (non-hydrogen) atoms. The Morgan fingerprint density at radius 2 is 1.87 bits per heavy atom. The fourth-order valence-corrected chi connectivity index (χ4v) is 3.46. The predicted molar refractivity (Wildman–Crippen MR) is 111 cm³/mol. The normalized spacial score (nSPS) is 10.0. The molecule has 2 aromatic rings. The third kappa shape index (κ3) is 5.64. The summed E-state index contributed by atoms with van der Waals surface area (Å²) in [5.41, 5.74) is 6.25. The molecule has 11 heteroatoms. The maximum Gasteiger partial charge on any atom is 0.348 e. The van der Waals surface area contributed by atoms with Gasteiger partial charge in [0.1, 0.15) is 29.1 Å². The highest BCUT2D eigenvalue weighted by atomic mass is 32.1. The lowest BCUT2D eigenvalue weighted by molar-refractivity contribution is -0.143. The summed E-state index contributed by atoms with van der Waals surface area (Å²) in [5, 5.41) is 11.8. The SMILES string of the molecule is CCOC(=O)c1sc(N)c(C#N)c1COC(=O)CNC(=O)c1ccc(OC)c(OC)c1. The molecule has 0 atom stereocenters. The second kappa shape index (κ2) is 10.8. The van der Waals surface area contributed by atoms with Gasteiger partial charge in [0.25, 0.3) is 5.91 Å². The zero-order chi connectivity index (χ0) is 23.0. The second-order valence-electron chi connectivity index (χ2n) is 5.89. The molecule has 0 aliphatic rings. The Kier molecular flexibility index (Phi) is 8.22. The van der Waals surface area contributed by atoms with Crippen molar-refractivity contribution in [2.75, 3.05) is 33.1 Å². The number of nitriles is 1. The molecule has 1 heterocycles. The molecule has 164 valence electrons. The van der Waals surface area contributed by atoms with Gasteiger partial charge in [-0.15, -0.1) is 11.3 Å².